The average Bonchev–Trinajstić information content (AvgIpc) is 3.07. The Balaban J connectivity index is 2.16. The van der Waals surface area contributed by atoms with Crippen molar-refractivity contribution in [1.29, 1.82) is 0 Å². The Labute approximate surface area is 136 Å². The molecule has 1 unspecified atom stereocenters. The number of furan rings is 1. The predicted molar refractivity (Wildman–Crippen MR) is 83.4 cm³/mol. The summed E-state index contributed by atoms with van der Waals surface area (Å²) in [6.07, 6.45) is 2.47. The molecule has 2 rings (SSSR count). The van der Waals surface area contributed by atoms with Gasteiger partial charge in [-0.2, -0.15) is 0 Å². The van der Waals surface area contributed by atoms with Crippen LogP contribution < -0.4 is 16.2 Å². The zero-order valence-corrected chi connectivity index (χ0v) is 13.0. The molecule has 0 spiro atoms. The van der Waals surface area contributed by atoms with E-state index in [0.717, 1.165) is 6.33 Å². The van der Waals surface area contributed by atoms with Crippen LogP contribution in [0.5, 0.6) is 0 Å². The number of hydrazine groups is 1. The number of carbonyl (C=O) groups excluding carboxylic acids is 1. The summed E-state index contributed by atoms with van der Waals surface area (Å²) in [6, 6.07) is 2.78. The number of nitrogens with one attached hydrogen (secondary N) is 3. The highest BCUT2D eigenvalue weighted by atomic mass is 16.6. The third kappa shape index (κ3) is 4.16. The van der Waals surface area contributed by atoms with Crippen LogP contribution in [0.2, 0.25) is 0 Å². The maximum atomic E-state index is 11.8. The van der Waals surface area contributed by atoms with Crippen molar-refractivity contribution in [3.63, 3.8) is 0 Å². The fraction of sp³-hybridized carbons (Fsp3) is 0.308. The van der Waals surface area contributed by atoms with Crippen molar-refractivity contribution in [2.75, 3.05) is 24.5 Å². The summed E-state index contributed by atoms with van der Waals surface area (Å²) in [7, 11) is 1.52. The summed E-state index contributed by atoms with van der Waals surface area (Å²) in [4.78, 5) is 30.1. The predicted octanol–water partition coefficient (Wildman–Crippen LogP) is 1.18. The van der Waals surface area contributed by atoms with E-state index in [1.165, 1.54) is 19.4 Å². The number of amides is 1. The number of hydrogen-bond acceptors (Lipinski definition) is 9. The molecule has 2 aromatic rings. The van der Waals surface area contributed by atoms with Crippen LogP contribution in [0.1, 0.15) is 17.5 Å². The van der Waals surface area contributed by atoms with Gasteiger partial charge in [-0.1, -0.05) is 0 Å². The summed E-state index contributed by atoms with van der Waals surface area (Å²) in [5, 5.41) is 14.2. The molecule has 128 valence electrons. The van der Waals surface area contributed by atoms with Gasteiger partial charge in [0, 0.05) is 13.2 Å². The maximum absolute atomic E-state index is 11.8. The molecular formula is C13H16N6O5. The second kappa shape index (κ2) is 7.87. The number of nitrogens with zero attached hydrogens (tertiary/aromatic N) is 3. The van der Waals surface area contributed by atoms with E-state index < -0.39 is 16.5 Å². The zero-order valence-electron chi connectivity index (χ0n) is 13.0. The number of aromatic nitrogens is 2. The minimum absolute atomic E-state index is 0.00861. The first kappa shape index (κ1) is 17.1. The highest BCUT2D eigenvalue weighted by molar-refractivity contribution is 5.92. The summed E-state index contributed by atoms with van der Waals surface area (Å²) < 4.78 is 9.89. The summed E-state index contributed by atoms with van der Waals surface area (Å²) >= 11 is 0. The molecule has 2 aromatic heterocycles. The van der Waals surface area contributed by atoms with E-state index >= 15 is 0 Å². The normalized spacial score (nSPS) is 11.6. The molecule has 1 amide bonds. The zero-order chi connectivity index (χ0) is 17.5. The second-order valence-corrected chi connectivity index (χ2v) is 4.73. The molecular weight excluding hydrogens is 320 g/mol. The molecule has 2 heterocycles. The topological polar surface area (TPSA) is 144 Å². The SMILES string of the molecule is COCC(C)Nc1ncnc(NNC(=O)c2ccco2)c1[N+](=O)[O-]. The van der Waals surface area contributed by atoms with Crippen LogP contribution in [0, 0.1) is 10.1 Å². The van der Waals surface area contributed by atoms with Crippen LogP contribution in [-0.2, 0) is 4.74 Å². The molecule has 24 heavy (non-hydrogen) atoms. The van der Waals surface area contributed by atoms with Crippen molar-refractivity contribution in [2.24, 2.45) is 0 Å². The molecule has 1 atom stereocenters. The Bertz CT molecular complexity index is 705. The van der Waals surface area contributed by atoms with Gasteiger partial charge < -0.3 is 14.5 Å². The maximum Gasteiger partial charge on any atom is 0.354 e. The smallest absolute Gasteiger partial charge is 0.354 e. The van der Waals surface area contributed by atoms with Crippen LogP contribution in [0.15, 0.2) is 29.1 Å². The molecule has 0 saturated heterocycles. The standard InChI is InChI=1S/C13H16N6O5/c1-8(6-23-2)16-11-10(19(21)22)12(15-7-14-11)17-18-13(20)9-4-3-5-24-9/h3-5,7-8H,6H2,1-2H3,(H,18,20)(H2,14,15,16,17). The Morgan fingerprint density at radius 1 is 1.46 bits per heavy atom. The van der Waals surface area contributed by atoms with E-state index in [2.05, 4.69) is 26.1 Å². The first-order chi connectivity index (χ1) is 11.5. The first-order valence-electron chi connectivity index (χ1n) is 6.87. The second-order valence-electron chi connectivity index (χ2n) is 4.73. The largest absolute Gasteiger partial charge is 0.459 e. The van der Waals surface area contributed by atoms with Gasteiger partial charge in [0.25, 0.3) is 0 Å². The molecule has 11 heteroatoms. The van der Waals surface area contributed by atoms with Crippen LogP contribution >= 0.6 is 0 Å². The third-order valence-corrected chi connectivity index (χ3v) is 2.84. The fourth-order valence-electron chi connectivity index (χ4n) is 1.86. The van der Waals surface area contributed by atoms with Gasteiger partial charge in [-0.05, 0) is 19.1 Å². The van der Waals surface area contributed by atoms with Gasteiger partial charge >= 0.3 is 11.6 Å². The lowest BCUT2D eigenvalue weighted by Crippen LogP contribution is -2.30. The number of ether oxygens (including phenoxy) is 1. The lowest BCUT2D eigenvalue weighted by Gasteiger charge is -2.14. The van der Waals surface area contributed by atoms with Crippen molar-refractivity contribution in [2.45, 2.75) is 13.0 Å². The van der Waals surface area contributed by atoms with E-state index in [1.54, 1.807) is 13.0 Å². The van der Waals surface area contributed by atoms with Gasteiger partial charge in [-0.3, -0.25) is 25.8 Å². The van der Waals surface area contributed by atoms with Gasteiger partial charge in [0.2, 0.25) is 11.6 Å². The lowest BCUT2D eigenvalue weighted by molar-refractivity contribution is -0.383. The van der Waals surface area contributed by atoms with Crippen molar-refractivity contribution >= 4 is 23.2 Å². The summed E-state index contributed by atoms with van der Waals surface area (Å²) in [5.74, 6) is -0.710. The monoisotopic (exact) mass is 336 g/mol. The Hall–Kier alpha value is -3.21. The van der Waals surface area contributed by atoms with E-state index in [9.17, 15) is 14.9 Å². The number of rotatable bonds is 8. The lowest BCUT2D eigenvalue weighted by atomic mass is 10.3. The highest BCUT2D eigenvalue weighted by Gasteiger charge is 2.24. The van der Waals surface area contributed by atoms with Crippen LogP contribution in [0.4, 0.5) is 17.3 Å². The molecule has 0 bridgehead atoms. The molecule has 0 aliphatic carbocycles. The minimum Gasteiger partial charge on any atom is -0.459 e. The van der Waals surface area contributed by atoms with Crippen LogP contribution in [0.25, 0.3) is 0 Å². The van der Waals surface area contributed by atoms with Gasteiger partial charge in [-0.15, -0.1) is 0 Å². The van der Waals surface area contributed by atoms with Crippen LogP contribution in [-0.4, -0.2) is 40.6 Å². The van der Waals surface area contributed by atoms with Crippen molar-refractivity contribution in [3.05, 3.63) is 40.6 Å². The molecule has 0 aliphatic heterocycles. The number of hydrogen-bond donors (Lipinski definition) is 3. The quantitative estimate of drug-likeness (QED) is 0.478. The third-order valence-electron chi connectivity index (χ3n) is 2.84. The number of nitro groups is 1. The molecule has 0 radical (unpaired) electrons. The van der Waals surface area contributed by atoms with Gasteiger partial charge in [0.1, 0.15) is 6.33 Å². The number of methoxy groups -OCH3 is 1. The summed E-state index contributed by atoms with van der Waals surface area (Å²) in [5.41, 5.74) is 4.27. The average molecular weight is 336 g/mol. The van der Waals surface area contributed by atoms with Gasteiger partial charge in [0.15, 0.2) is 5.76 Å². The molecule has 0 fully saturated rings. The van der Waals surface area contributed by atoms with E-state index in [-0.39, 0.29) is 23.4 Å². The van der Waals surface area contributed by atoms with Gasteiger partial charge in [-0.25, -0.2) is 9.97 Å². The first-order valence-corrected chi connectivity index (χ1v) is 6.87. The van der Waals surface area contributed by atoms with Gasteiger partial charge in [0.05, 0.1) is 17.8 Å². The Kier molecular flexibility index (Phi) is 5.63. The molecule has 0 saturated carbocycles. The van der Waals surface area contributed by atoms with Crippen LogP contribution in [0.3, 0.4) is 0 Å². The Morgan fingerprint density at radius 3 is 2.83 bits per heavy atom. The van der Waals surface area contributed by atoms with E-state index in [0.29, 0.717) is 6.61 Å². The number of anilines is 2. The van der Waals surface area contributed by atoms with Crippen molar-refractivity contribution in [3.8, 4) is 0 Å². The molecule has 3 N–H and O–H groups in total. The highest BCUT2D eigenvalue weighted by Crippen LogP contribution is 2.28. The van der Waals surface area contributed by atoms with Crippen molar-refractivity contribution < 1.29 is 18.9 Å². The fourth-order valence-corrected chi connectivity index (χ4v) is 1.86. The number of carbonyl (C=O) groups is 1. The molecule has 0 aromatic carbocycles. The van der Waals surface area contributed by atoms with E-state index in [4.69, 9.17) is 9.15 Å². The van der Waals surface area contributed by atoms with E-state index in [1.807, 2.05) is 0 Å². The van der Waals surface area contributed by atoms with Crippen molar-refractivity contribution in [1.82, 2.24) is 15.4 Å². The summed E-state index contributed by atoms with van der Waals surface area (Å²) in [6.45, 7) is 2.11. The minimum atomic E-state index is -0.650. The molecule has 11 nitrogen and oxygen atoms in total. The Morgan fingerprint density at radius 2 is 2.21 bits per heavy atom. The molecule has 0 aliphatic rings.